The zero-order valence-corrected chi connectivity index (χ0v) is 12.1. The maximum atomic E-state index is 12.0. The van der Waals surface area contributed by atoms with E-state index in [9.17, 15) is 4.79 Å². The van der Waals surface area contributed by atoms with Crippen LogP contribution in [0.2, 0.25) is 0 Å². The molecule has 0 aromatic carbocycles. The van der Waals surface area contributed by atoms with Crippen LogP contribution in [0.3, 0.4) is 0 Å². The number of hydrogen-bond donors (Lipinski definition) is 1. The number of cyclic esters (lactones) is 1. The summed E-state index contributed by atoms with van der Waals surface area (Å²) in [6.07, 6.45) is 1.84. The van der Waals surface area contributed by atoms with E-state index in [1.165, 1.54) is 0 Å². The van der Waals surface area contributed by atoms with Crippen LogP contribution < -0.4 is 10.2 Å². The Balaban J connectivity index is 1.99. The van der Waals surface area contributed by atoms with Crippen molar-refractivity contribution in [2.24, 2.45) is 0 Å². The highest BCUT2D eigenvalue weighted by molar-refractivity contribution is 5.90. The molecule has 0 spiro atoms. The first-order valence-corrected chi connectivity index (χ1v) is 7.03. The van der Waals surface area contributed by atoms with E-state index >= 15 is 0 Å². The van der Waals surface area contributed by atoms with E-state index < -0.39 is 0 Å². The standard InChI is InChI=1S/C14H20N4O2/c1-9-7-11(18-13(19)20-8-14(18,2)3)17-12(16-9)10-5-4-6-15-10/h7,10,15H,4-6,8H2,1-3H3/t10-/m0/s1. The van der Waals surface area contributed by atoms with Gasteiger partial charge in [-0.05, 0) is 40.2 Å². The molecule has 0 radical (unpaired) electrons. The van der Waals surface area contributed by atoms with Gasteiger partial charge in [-0.1, -0.05) is 0 Å². The molecule has 1 atom stereocenters. The van der Waals surface area contributed by atoms with Crippen LogP contribution in [0, 0.1) is 6.92 Å². The topological polar surface area (TPSA) is 67.4 Å². The highest BCUT2D eigenvalue weighted by atomic mass is 16.6. The second-order valence-corrected chi connectivity index (χ2v) is 6.08. The molecule has 20 heavy (non-hydrogen) atoms. The summed E-state index contributed by atoms with van der Waals surface area (Å²) >= 11 is 0. The Morgan fingerprint density at radius 1 is 1.45 bits per heavy atom. The minimum absolute atomic E-state index is 0.190. The van der Waals surface area contributed by atoms with Gasteiger partial charge >= 0.3 is 6.09 Å². The van der Waals surface area contributed by atoms with E-state index in [1.54, 1.807) is 4.90 Å². The van der Waals surface area contributed by atoms with Gasteiger partial charge in [-0.15, -0.1) is 0 Å². The molecule has 2 aliphatic heterocycles. The van der Waals surface area contributed by atoms with E-state index in [4.69, 9.17) is 4.74 Å². The molecule has 2 aliphatic rings. The van der Waals surface area contributed by atoms with Gasteiger partial charge in [0, 0.05) is 11.8 Å². The van der Waals surface area contributed by atoms with Crippen molar-refractivity contribution in [1.82, 2.24) is 15.3 Å². The van der Waals surface area contributed by atoms with Crippen LogP contribution in [0.4, 0.5) is 10.6 Å². The van der Waals surface area contributed by atoms with Crippen molar-refractivity contribution < 1.29 is 9.53 Å². The quantitative estimate of drug-likeness (QED) is 0.894. The van der Waals surface area contributed by atoms with Crippen LogP contribution in [0.5, 0.6) is 0 Å². The van der Waals surface area contributed by atoms with Crippen LogP contribution in [0.25, 0.3) is 0 Å². The highest BCUT2D eigenvalue weighted by Crippen LogP contribution is 2.30. The molecule has 1 N–H and O–H groups in total. The fourth-order valence-electron chi connectivity index (χ4n) is 2.77. The monoisotopic (exact) mass is 276 g/mol. The summed E-state index contributed by atoms with van der Waals surface area (Å²) in [5.74, 6) is 1.40. The molecular weight excluding hydrogens is 256 g/mol. The van der Waals surface area contributed by atoms with Crippen LogP contribution in [-0.4, -0.2) is 34.8 Å². The number of hydrogen-bond acceptors (Lipinski definition) is 5. The van der Waals surface area contributed by atoms with Gasteiger partial charge in [0.1, 0.15) is 18.2 Å². The Morgan fingerprint density at radius 2 is 2.25 bits per heavy atom. The molecule has 2 fully saturated rings. The molecule has 6 nitrogen and oxygen atoms in total. The first-order valence-electron chi connectivity index (χ1n) is 7.03. The van der Waals surface area contributed by atoms with Crippen LogP contribution in [0.1, 0.15) is 44.2 Å². The number of anilines is 1. The van der Waals surface area contributed by atoms with Gasteiger partial charge in [0.25, 0.3) is 0 Å². The lowest BCUT2D eigenvalue weighted by Crippen LogP contribution is -2.42. The second kappa shape index (κ2) is 4.70. The number of carbonyl (C=O) groups excluding carboxylic acids is 1. The van der Waals surface area contributed by atoms with E-state index in [1.807, 2.05) is 26.8 Å². The van der Waals surface area contributed by atoms with Gasteiger partial charge in [0.2, 0.25) is 0 Å². The van der Waals surface area contributed by atoms with Gasteiger partial charge < -0.3 is 10.1 Å². The number of nitrogens with one attached hydrogen (secondary N) is 1. The third kappa shape index (κ3) is 2.24. The molecule has 1 aromatic rings. The minimum Gasteiger partial charge on any atom is -0.447 e. The molecule has 108 valence electrons. The summed E-state index contributed by atoms with van der Waals surface area (Å²) in [4.78, 5) is 22.7. The third-order valence-electron chi connectivity index (χ3n) is 3.80. The Labute approximate surface area is 118 Å². The SMILES string of the molecule is Cc1cc(N2C(=O)OCC2(C)C)nc([C@@H]2CCCN2)n1. The van der Waals surface area contributed by atoms with Crippen LogP contribution in [0.15, 0.2) is 6.07 Å². The van der Waals surface area contributed by atoms with Gasteiger partial charge in [-0.3, -0.25) is 4.90 Å². The molecule has 0 unspecified atom stereocenters. The van der Waals surface area contributed by atoms with Crippen molar-refractivity contribution in [3.8, 4) is 0 Å². The summed E-state index contributed by atoms with van der Waals surface area (Å²) in [5.41, 5.74) is 0.493. The summed E-state index contributed by atoms with van der Waals surface area (Å²) < 4.78 is 5.15. The Hall–Kier alpha value is -1.69. The predicted octanol–water partition coefficient (Wildman–Crippen LogP) is 1.94. The third-order valence-corrected chi connectivity index (χ3v) is 3.80. The Morgan fingerprint density at radius 3 is 2.85 bits per heavy atom. The largest absolute Gasteiger partial charge is 0.447 e. The molecule has 0 aliphatic carbocycles. The molecule has 2 saturated heterocycles. The lowest BCUT2D eigenvalue weighted by atomic mass is 10.1. The van der Waals surface area contributed by atoms with Crippen molar-refractivity contribution in [2.75, 3.05) is 18.1 Å². The molecule has 1 aromatic heterocycles. The van der Waals surface area contributed by atoms with E-state index in [2.05, 4.69) is 15.3 Å². The number of amides is 1. The van der Waals surface area contributed by atoms with Crippen LogP contribution in [-0.2, 0) is 4.74 Å². The Bertz CT molecular complexity index is 538. The number of ether oxygens (including phenoxy) is 1. The maximum Gasteiger partial charge on any atom is 0.416 e. The molecule has 3 heterocycles. The summed E-state index contributed by atoms with van der Waals surface area (Å²) in [5, 5.41) is 3.39. The first-order chi connectivity index (χ1) is 9.47. The summed E-state index contributed by atoms with van der Waals surface area (Å²) in [7, 11) is 0. The number of carbonyl (C=O) groups is 1. The normalized spacial score (nSPS) is 25.1. The van der Waals surface area contributed by atoms with Crippen LogP contribution >= 0.6 is 0 Å². The molecule has 1 amide bonds. The fraction of sp³-hybridized carbons (Fsp3) is 0.643. The van der Waals surface area contributed by atoms with E-state index in [-0.39, 0.29) is 17.7 Å². The van der Waals surface area contributed by atoms with Crippen molar-refractivity contribution in [2.45, 2.75) is 45.2 Å². The number of rotatable bonds is 2. The molecule has 3 rings (SSSR count). The van der Waals surface area contributed by atoms with Crippen molar-refractivity contribution >= 4 is 11.9 Å². The molecule has 6 heteroatoms. The van der Waals surface area contributed by atoms with Crippen molar-refractivity contribution in [3.05, 3.63) is 17.6 Å². The minimum atomic E-state index is -0.377. The lowest BCUT2D eigenvalue weighted by molar-refractivity contribution is 0.175. The Kier molecular flexibility index (Phi) is 3.12. The fourth-order valence-corrected chi connectivity index (χ4v) is 2.77. The molecule has 0 bridgehead atoms. The summed E-state index contributed by atoms with van der Waals surface area (Å²) in [6.45, 7) is 7.25. The van der Waals surface area contributed by atoms with Crippen molar-refractivity contribution in [3.63, 3.8) is 0 Å². The van der Waals surface area contributed by atoms with E-state index in [0.717, 1.165) is 30.9 Å². The second-order valence-electron chi connectivity index (χ2n) is 6.08. The highest BCUT2D eigenvalue weighted by Gasteiger charge is 2.42. The van der Waals surface area contributed by atoms with Gasteiger partial charge in [-0.25, -0.2) is 14.8 Å². The molecular formula is C14H20N4O2. The number of aromatic nitrogens is 2. The predicted molar refractivity (Wildman–Crippen MR) is 74.7 cm³/mol. The summed E-state index contributed by atoms with van der Waals surface area (Å²) in [6, 6.07) is 2.03. The van der Waals surface area contributed by atoms with Gasteiger partial charge in [0.15, 0.2) is 0 Å². The first kappa shape index (κ1) is 13.3. The van der Waals surface area contributed by atoms with E-state index in [0.29, 0.717) is 12.4 Å². The maximum absolute atomic E-state index is 12.0. The van der Waals surface area contributed by atoms with Gasteiger partial charge in [0.05, 0.1) is 11.6 Å². The average molecular weight is 276 g/mol. The smallest absolute Gasteiger partial charge is 0.416 e. The number of aryl methyl sites for hydroxylation is 1. The average Bonchev–Trinajstić information content (AvgIpc) is 2.97. The zero-order valence-electron chi connectivity index (χ0n) is 12.1. The van der Waals surface area contributed by atoms with Crippen molar-refractivity contribution in [1.29, 1.82) is 0 Å². The lowest BCUT2D eigenvalue weighted by Gasteiger charge is -2.27. The van der Waals surface area contributed by atoms with Gasteiger partial charge in [-0.2, -0.15) is 0 Å². The zero-order chi connectivity index (χ0) is 14.3. The number of nitrogens with zero attached hydrogens (tertiary/aromatic N) is 3. The molecule has 0 saturated carbocycles.